The Morgan fingerprint density at radius 3 is 1.78 bits per heavy atom. The third-order valence-electron chi connectivity index (χ3n) is 1.52. The van der Waals surface area contributed by atoms with Crippen molar-refractivity contribution >= 4 is 89.1 Å². The number of hydrogen-bond donors (Lipinski definition) is 0. The topological polar surface area (TPSA) is 17.1 Å². The maximum atomic E-state index is 11.5. The molecule has 0 aliphatic rings. The molecule has 0 radical (unpaired) electrons. The predicted molar refractivity (Wildman–Crippen MR) is 103 cm³/mol. The van der Waals surface area contributed by atoms with Gasteiger partial charge in [-0.3, -0.25) is 0 Å². The van der Waals surface area contributed by atoms with Gasteiger partial charge in [-0.05, 0) is 0 Å². The second kappa shape index (κ2) is 8.91. The number of halogens is 5. The van der Waals surface area contributed by atoms with E-state index in [1.54, 1.807) is 0 Å². The van der Waals surface area contributed by atoms with Crippen molar-refractivity contribution in [2.75, 3.05) is 0 Å². The average Bonchev–Trinajstić information content (AvgIpc) is 2.14. The molecule has 0 aromatic heterocycles. The van der Waals surface area contributed by atoms with Crippen molar-refractivity contribution in [3.63, 3.8) is 0 Å². The van der Waals surface area contributed by atoms with Crippen LogP contribution in [-0.4, -0.2) is 25.6 Å². The molecule has 104 valence electrons. The summed E-state index contributed by atoms with van der Waals surface area (Å²) in [7, 11) is 0. The molecule has 0 heterocycles. The number of rotatable bonds is 3. The Bertz CT molecular complexity index is 371. The Balaban J connectivity index is 0.000000411. The molecule has 1 nitrogen and oxygen atoms in total. The zero-order valence-corrected chi connectivity index (χ0v) is 22.3. The molecule has 0 saturated carbocycles. The number of Topliss-reactive ketones (excluding diaryl/α,β-unsaturated/α-hetero) is 1. The molecule has 0 aliphatic carbocycles. The summed E-state index contributed by atoms with van der Waals surface area (Å²) >= 11 is 16.1. The summed E-state index contributed by atoms with van der Waals surface area (Å²) in [5, 5.41) is 0.768. The van der Waals surface area contributed by atoms with Crippen LogP contribution >= 0.6 is 63.5 Å². The molecule has 18 heavy (non-hydrogen) atoms. The van der Waals surface area contributed by atoms with Crippen LogP contribution in [0.5, 0.6) is 0 Å². The van der Waals surface area contributed by atoms with Crippen LogP contribution in [0.1, 0.15) is 10.4 Å². The quantitative estimate of drug-likeness (QED) is 0.256. The van der Waals surface area contributed by atoms with Crippen molar-refractivity contribution in [1.29, 1.82) is 0 Å². The first-order valence-corrected chi connectivity index (χ1v) is 41.4. The minimum absolute atomic E-state index is 0.297. The van der Waals surface area contributed by atoms with Gasteiger partial charge in [0.2, 0.25) is 0 Å². The fourth-order valence-corrected chi connectivity index (χ4v) is 2.42. The Hall–Kier alpha value is 2.61. The number of hydrogen-bond acceptors (Lipinski definition) is 1. The van der Waals surface area contributed by atoms with Gasteiger partial charge in [0.15, 0.2) is 0 Å². The zero-order chi connectivity index (χ0) is 14.4. The third kappa shape index (κ3) is 16.7. The summed E-state index contributed by atoms with van der Waals surface area (Å²) in [5.41, 5.74) is 0.856. The summed E-state index contributed by atoms with van der Waals surface area (Å²) in [6.45, 7) is 0. The first-order chi connectivity index (χ1) is 7.93. The molecular weight excluding hydrogens is 733 g/mol. The fourth-order valence-electron chi connectivity index (χ4n) is 0.970. The summed E-state index contributed by atoms with van der Waals surface area (Å²) in [6.07, 6.45) is 0. The molecule has 1 rings (SSSR count). The molecule has 0 spiro atoms. The van der Waals surface area contributed by atoms with Gasteiger partial charge in [-0.15, -0.1) is 0 Å². The predicted octanol–water partition coefficient (Wildman–Crippen LogP) is 6.47. The van der Waals surface area contributed by atoms with Crippen LogP contribution in [0.15, 0.2) is 30.3 Å². The van der Waals surface area contributed by atoms with Crippen molar-refractivity contribution in [2.45, 2.75) is 17.0 Å². The molecular formula is C10H13Br5OSeSn. The molecule has 0 N–H and O–H groups in total. The van der Waals surface area contributed by atoms with Crippen molar-refractivity contribution in [1.82, 2.24) is 0 Å². The Morgan fingerprint density at radius 1 is 1.06 bits per heavy atom. The van der Waals surface area contributed by atoms with Crippen molar-refractivity contribution in [3.05, 3.63) is 35.9 Å². The van der Waals surface area contributed by atoms with E-state index in [4.69, 9.17) is 0 Å². The van der Waals surface area contributed by atoms with Gasteiger partial charge in [-0.25, -0.2) is 0 Å². The van der Waals surface area contributed by atoms with E-state index in [0.29, 0.717) is 5.78 Å². The van der Waals surface area contributed by atoms with Gasteiger partial charge in [-0.2, -0.15) is 0 Å². The Morgan fingerprint density at radius 2 is 1.44 bits per heavy atom. The van der Waals surface area contributed by atoms with Crippen LogP contribution < -0.4 is 0 Å². The number of benzene rings is 1. The van der Waals surface area contributed by atoms with Crippen molar-refractivity contribution in [2.24, 2.45) is 0 Å². The van der Waals surface area contributed by atoms with Gasteiger partial charge in [-0.1, -0.05) is 0 Å². The summed E-state index contributed by atoms with van der Waals surface area (Å²) in [5.74, 6) is 1.96. The Labute approximate surface area is 144 Å². The van der Waals surface area contributed by atoms with E-state index in [0.717, 1.165) is 10.9 Å². The van der Waals surface area contributed by atoms with Crippen LogP contribution in [0.3, 0.4) is 0 Å². The normalized spacial score (nSPS) is 13.2. The minimum atomic E-state index is -2.70. The molecule has 1 aromatic rings. The van der Waals surface area contributed by atoms with Gasteiger partial charge >= 0.3 is 147 Å². The van der Waals surface area contributed by atoms with E-state index < -0.39 is 19.8 Å². The summed E-state index contributed by atoms with van der Waals surface area (Å²) in [6, 6.07) is 9.53. The summed E-state index contributed by atoms with van der Waals surface area (Å²) < 4.78 is 0. The van der Waals surface area contributed by atoms with E-state index in [1.807, 2.05) is 30.3 Å². The van der Waals surface area contributed by atoms with E-state index in [-0.39, 0.29) is 0 Å². The van der Waals surface area contributed by atoms with Crippen LogP contribution in [0.2, 0.25) is 17.0 Å². The molecule has 0 bridgehead atoms. The molecule has 0 saturated heterocycles. The van der Waals surface area contributed by atoms with Gasteiger partial charge in [0.25, 0.3) is 0 Å². The van der Waals surface area contributed by atoms with Crippen molar-refractivity contribution < 1.29 is 4.79 Å². The Kier molecular flexibility index (Phi) is 10.2. The molecule has 0 unspecified atom stereocenters. The van der Waals surface area contributed by atoms with Crippen molar-refractivity contribution in [3.8, 4) is 0 Å². The number of ketones is 1. The monoisotopic (exact) mass is 744 g/mol. The van der Waals surface area contributed by atoms with E-state index in [9.17, 15) is 4.79 Å². The molecule has 0 fully saturated rings. The molecule has 8 heteroatoms. The first-order valence-electron chi connectivity index (χ1n) is 4.77. The van der Waals surface area contributed by atoms with Crippen LogP contribution in [-0.2, 0) is 0 Å². The second-order valence-corrected chi connectivity index (χ2v) is 137. The van der Waals surface area contributed by atoms with Gasteiger partial charge < -0.3 is 0 Å². The van der Waals surface area contributed by atoms with Gasteiger partial charge in [0, 0.05) is 0 Å². The maximum absolute atomic E-state index is 11.5. The zero-order valence-electron chi connectivity index (χ0n) is 9.80. The van der Waals surface area contributed by atoms with Gasteiger partial charge in [0.1, 0.15) is 0 Å². The first kappa shape index (κ1) is 20.6. The van der Waals surface area contributed by atoms with E-state index in [2.05, 4.69) is 75.2 Å². The van der Waals surface area contributed by atoms with Crippen LogP contribution in [0.25, 0.3) is 0 Å². The van der Waals surface area contributed by atoms with Crippen LogP contribution in [0, 0.1) is 0 Å². The molecule has 0 aliphatic heterocycles. The van der Waals surface area contributed by atoms with Crippen LogP contribution in [0.4, 0.5) is 0 Å². The second-order valence-electron chi connectivity index (χ2n) is 3.63. The van der Waals surface area contributed by atoms with Gasteiger partial charge in [0.05, 0.1) is 0 Å². The van der Waals surface area contributed by atoms with E-state index >= 15 is 0 Å². The fraction of sp³-hybridized carbons (Fsp3) is 0.300. The molecule has 0 amide bonds. The standard InChI is InChI=1S/C10H13OSe.5BrH.Sn/c1-12(2)8-10(11)9-6-4-3-5-7-9;;;;;;/h3-7H,8H2,1-2H3;5*1H;/q+1;;;;;;+4/p-5. The number of carbonyl (C=O) groups is 1. The molecule has 1 aromatic carbocycles. The summed E-state index contributed by atoms with van der Waals surface area (Å²) in [4.78, 5) is 11.5. The SMILES string of the molecule is C[Se+](C)CC(=O)c1ccccc1.[Br][Sn-]([Br])([Br])([Br])[Br]. The number of carbonyl (C=O) groups excluding carboxylic acids is 1. The molecule has 0 atom stereocenters. The van der Waals surface area contributed by atoms with E-state index in [1.165, 1.54) is 0 Å². The third-order valence-corrected chi connectivity index (χ3v) is 3.28. The average molecular weight is 746 g/mol.